The van der Waals surface area contributed by atoms with Gasteiger partial charge in [-0.3, -0.25) is 4.79 Å². The van der Waals surface area contributed by atoms with Crippen molar-refractivity contribution in [2.45, 2.75) is 32.6 Å². The number of carbonyl (C=O) groups is 1. The second-order valence-electron chi connectivity index (χ2n) is 5.76. The molecule has 0 aromatic heterocycles. The Kier molecular flexibility index (Phi) is 4.87. The molecule has 0 spiro atoms. The van der Waals surface area contributed by atoms with Crippen LogP contribution in [0.4, 0.5) is 0 Å². The van der Waals surface area contributed by atoms with Crippen molar-refractivity contribution in [2.24, 2.45) is 11.1 Å². The minimum atomic E-state index is -3.38. The lowest BCUT2D eigenvalue weighted by Crippen LogP contribution is -2.43. The molecule has 1 aromatic rings. The number of ketones is 1. The topological polar surface area (TPSA) is 77.2 Å². The Morgan fingerprint density at radius 3 is 2.21 bits per heavy atom. The molecule has 0 amide bonds. The van der Waals surface area contributed by atoms with Gasteiger partial charge in [0.05, 0.1) is 17.5 Å². The van der Waals surface area contributed by atoms with Crippen molar-refractivity contribution in [2.75, 3.05) is 5.75 Å². The molecule has 1 unspecified atom stereocenters. The maximum Gasteiger partial charge on any atom is 0.156 e. The normalized spacial score (nSPS) is 14.1. The van der Waals surface area contributed by atoms with E-state index in [1.54, 1.807) is 45.0 Å². The smallest absolute Gasteiger partial charge is 0.156 e. The van der Waals surface area contributed by atoms with Gasteiger partial charge in [-0.25, -0.2) is 8.42 Å². The summed E-state index contributed by atoms with van der Waals surface area (Å²) in [5.41, 5.74) is 5.80. The number of benzene rings is 1. The summed E-state index contributed by atoms with van der Waals surface area (Å²) in [5.74, 6) is -0.624. The van der Waals surface area contributed by atoms with E-state index >= 15 is 0 Å². The highest BCUT2D eigenvalue weighted by Crippen LogP contribution is 2.17. The van der Waals surface area contributed by atoms with Gasteiger partial charge in [-0.1, -0.05) is 51.1 Å². The van der Waals surface area contributed by atoms with Crippen molar-refractivity contribution in [1.82, 2.24) is 0 Å². The van der Waals surface area contributed by atoms with Gasteiger partial charge in [0.15, 0.2) is 15.6 Å². The first kappa shape index (κ1) is 15.9. The largest absolute Gasteiger partial charge is 0.321 e. The lowest BCUT2D eigenvalue weighted by molar-refractivity contribution is -0.127. The summed E-state index contributed by atoms with van der Waals surface area (Å²) in [6.07, 6.45) is 0. The molecular formula is C14H21NO3S. The summed E-state index contributed by atoms with van der Waals surface area (Å²) in [5, 5.41) is 0. The lowest BCUT2D eigenvalue weighted by atomic mass is 9.87. The van der Waals surface area contributed by atoms with Gasteiger partial charge in [0.2, 0.25) is 0 Å². The Morgan fingerprint density at radius 2 is 1.74 bits per heavy atom. The summed E-state index contributed by atoms with van der Waals surface area (Å²) < 4.78 is 24.0. The van der Waals surface area contributed by atoms with E-state index in [-0.39, 0.29) is 17.3 Å². The summed E-state index contributed by atoms with van der Waals surface area (Å²) in [7, 11) is -3.38. The molecule has 19 heavy (non-hydrogen) atoms. The molecule has 0 saturated carbocycles. The van der Waals surface area contributed by atoms with E-state index in [1.807, 2.05) is 6.07 Å². The zero-order valence-corrected chi connectivity index (χ0v) is 12.4. The predicted octanol–water partition coefficient (Wildman–Crippen LogP) is 1.54. The van der Waals surface area contributed by atoms with Gasteiger partial charge in [0.1, 0.15) is 0 Å². The Morgan fingerprint density at radius 1 is 1.21 bits per heavy atom. The van der Waals surface area contributed by atoms with Crippen molar-refractivity contribution in [1.29, 1.82) is 0 Å². The molecule has 0 radical (unpaired) electrons. The van der Waals surface area contributed by atoms with Crippen LogP contribution in [0.5, 0.6) is 0 Å². The second kappa shape index (κ2) is 5.84. The Hall–Kier alpha value is -1.20. The molecule has 0 bridgehead atoms. The molecule has 1 aromatic carbocycles. The van der Waals surface area contributed by atoms with E-state index in [4.69, 9.17) is 5.73 Å². The molecule has 0 saturated heterocycles. The third-order valence-electron chi connectivity index (χ3n) is 2.74. The molecule has 4 nitrogen and oxygen atoms in total. The van der Waals surface area contributed by atoms with Crippen LogP contribution in [-0.2, 0) is 20.4 Å². The summed E-state index contributed by atoms with van der Waals surface area (Å²) in [6.45, 7) is 5.21. The minimum absolute atomic E-state index is 0.0844. The molecule has 106 valence electrons. The van der Waals surface area contributed by atoms with Gasteiger partial charge in [0.25, 0.3) is 0 Å². The van der Waals surface area contributed by atoms with Crippen LogP contribution in [0.1, 0.15) is 26.3 Å². The number of nitrogens with two attached hydrogens (primary N) is 1. The van der Waals surface area contributed by atoms with Gasteiger partial charge < -0.3 is 5.73 Å². The van der Waals surface area contributed by atoms with Crippen LogP contribution >= 0.6 is 0 Å². The molecule has 2 N–H and O–H groups in total. The molecular weight excluding hydrogens is 262 g/mol. The van der Waals surface area contributed by atoms with Crippen molar-refractivity contribution in [3.8, 4) is 0 Å². The average Bonchev–Trinajstić information content (AvgIpc) is 2.26. The fourth-order valence-corrected chi connectivity index (χ4v) is 3.31. The molecule has 0 fully saturated rings. The van der Waals surface area contributed by atoms with E-state index in [2.05, 4.69) is 0 Å². The zero-order chi connectivity index (χ0) is 14.7. The van der Waals surface area contributed by atoms with Gasteiger partial charge in [-0.05, 0) is 5.56 Å². The molecule has 1 rings (SSSR count). The number of sulfone groups is 1. The number of rotatable bonds is 5. The number of hydrogen-bond acceptors (Lipinski definition) is 4. The third-order valence-corrected chi connectivity index (χ3v) is 4.38. The van der Waals surface area contributed by atoms with E-state index in [9.17, 15) is 13.2 Å². The van der Waals surface area contributed by atoms with E-state index in [0.717, 1.165) is 0 Å². The first-order chi connectivity index (χ1) is 8.62. The van der Waals surface area contributed by atoms with Crippen LogP contribution in [0.15, 0.2) is 30.3 Å². The highest BCUT2D eigenvalue weighted by atomic mass is 32.2. The van der Waals surface area contributed by atoms with Gasteiger partial charge in [-0.2, -0.15) is 0 Å². The van der Waals surface area contributed by atoms with Crippen molar-refractivity contribution >= 4 is 15.6 Å². The highest BCUT2D eigenvalue weighted by Gasteiger charge is 2.30. The van der Waals surface area contributed by atoms with Crippen LogP contribution in [0.2, 0.25) is 0 Å². The van der Waals surface area contributed by atoms with E-state index < -0.39 is 21.3 Å². The summed E-state index contributed by atoms with van der Waals surface area (Å²) in [4.78, 5) is 11.9. The van der Waals surface area contributed by atoms with E-state index in [1.165, 1.54) is 0 Å². The minimum Gasteiger partial charge on any atom is -0.321 e. The van der Waals surface area contributed by atoms with Crippen LogP contribution in [0, 0.1) is 5.41 Å². The van der Waals surface area contributed by atoms with Crippen LogP contribution < -0.4 is 5.73 Å². The Labute approximate surface area is 114 Å². The maximum atomic E-state index is 12.0. The molecule has 0 aliphatic carbocycles. The van der Waals surface area contributed by atoms with Gasteiger partial charge in [-0.15, -0.1) is 0 Å². The first-order valence-corrected chi connectivity index (χ1v) is 7.98. The molecule has 0 aliphatic rings. The highest BCUT2D eigenvalue weighted by molar-refractivity contribution is 7.90. The van der Waals surface area contributed by atoms with Crippen LogP contribution in [0.3, 0.4) is 0 Å². The number of Topliss-reactive ketones (excluding diaryl/α,β-unsaturated/α-hetero) is 1. The zero-order valence-electron chi connectivity index (χ0n) is 11.6. The molecule has 5 heteroatoms. The summed E-state index contributed by atoms with van der Waals surface area (Å²) >= 11 is 0. The predicted molar refractivity (Wildman–Crippen MR) is 76.4 cm³/mol. The monoisotopic (exact) mass is 283 g/mol. The fraction of sp³-hybridized carbons (Fsp3) is 0.500. The lowest BCUT2D eigenvalue weighted by Gasteiger charge is -2.21. The fourth-order valence-electron chi connectivity index (χ4n) is 1.79. The van der Waals surface area contributed by atoms with Crippen LogP contribution in [0.25, 0.3) is 0 Å². The molecule has 0 heterocycles. The quantitative estimate of drug-likeness (QED) is 0.889. The first-order valence-electron chi connectivity index (χ1n) is 6.16. The van der Waals surface area contributed by atoms with Crippen LogP contribution in [-0.4, -0.2) is 26.0 Å². The van der Waals surface area contributed by atoms with Gasteiger partial charge in [0, 0.05) is 5.41 Å². The Bertz CT molecular complexity index is 530. The van der Waals surface area contributed by atoms with Gasteiger partial charge >= 0.3 is 0 Å². The second-order valence-corrected chi connectivity index (χ2v) is 7.87. The Balaban J connectivity index is 2.73. The maximum absolute atomic E-state index is 12.0. The number of hydrogen-bond donors (Lipinski definition) is 1. The third kappa shape index (κ3) is 5.12. The standard InChI is InChI=1S/C14H21NO3S/c1-14(2,3)13(16)12(15)10-19(17,18)9-11-7-5-4-6-8-11/h4-8,12H,9-10,15H2,1-3H3. The molecule has 0 aliphatic heterocycles. The van der Waals surface area contributed by atoms with Crippen molar-refractivity contribution < 1.29 is 13.2 Å². The molecule has 1 atom stereocenters. The van der Waals surface area contributed by atoms with Crippen molar-refractivity contribution in [3.63, 3.8) is 0 Å². The average molecular weight is 283 g/mol. The SMILES string of the molecule is CC(C)(C)C(=O)C(N)CS(=O)(=O)Cc1ccccc1. The number of carbonyl (C=O) groups excluding carboxylic acids is 1. The van der Waals surface area contributed by atoms with Crippen molar-refractivity contribution in [3.05, 3.63) is 35.9 Å². The van der Waals surface area contributed by atoms with E-state index in [0.29, 0.717) is 5.56 Å². The summed E-state index contributed by atoms with van der Waals surface area (Å²) in [6, 6.07) is 7.92.